The van der Waals surface area contributed by atoms with Crippen LogP contribution in [-0.4, -0.2) is 98.7 Å². The Morgan fingerprint density at radius 2 is 0.792 bits per heavy atom. The lowest BCUT2D eigenvalue weighted by atomic mass is 9.99. The van der Waals surface area contributed by atoms with Crippen LogP contribution in [0.1, 0.15) is 116 Å². The van der Waals surface area contributed by atoms with Crippen LogP contribution in [-0.2, 0) is 33.6 Å². The van der Waals surface area contributed by atoms with Crippen molar-refractivity contribution in [3.63, 3.8) is 0 Å². The standard InChI is InChI=1S/C44H40N6O2.C28H28N6.C8H8O2/c51-41(23-29-9-3-1-4-10-29)49-21-7-13-39(49)43-45-28-38(48-43)35-18-17-31-25-32(15-16-33(31)26-35)34-19-20-36-37(27-34)47-44(46-36)40-14-8-22-50(40)42(52)24-30-11-5-2-6-12-30;1-3-23(29-11-1)27-31-16-26(34-27)21-8-7-17-13-18(5-6-19(17)14-21)20-9-10-22-25(15-20)33-28(32-22)24-4-2-12-30-24;9-8(10)6-7-4-2-1-3-5-7/h1-6,9-12,15-20,25-28,39-40H,7-8,13-14,21-24H2,(H,45,48)(H,46,47);5-10,13-16,23-24,29-30H,1-4,11-12H2,(H,31,34)(H,32,33);1-5H,6H2,(H,9,10)/t39-,40-;23-,24-;/m00./s1. The Hall–Kier alpha value is -10.8. The monoisotopic (exact) mass is 1270 g/mol. The first-order valence-corrected chi connectivity index (χ1v) is 33.7. The average molecular weight is 1270 g/mol. The smallest absolute Gasteiger partial charge is 0.307 e. The van der Waals surface area contributed by atoms with Gasteiger partial charge in [-0.1, -0.05) is 152 Å². The van der Waals surface area contributed by atoms with Crippen LogP contribution in [0.4, 0.5) is 0 Å². The van der Waals surface area contributed by atoms with E-state index in [-0.39, 0.29) is 30.3 Å². The molecule has 0 radical (unpaired) electrons. The summed E-state index contributed by atoms with van der Waals surface area (Å²) in [5, 5.41) is 20.2. The second kappa shape index (κ2) is 27.6. The maximum absolute atomic E-state index is 13.3. The summed E-state index contributed by atoms with van der Waals surface area (Å²) < 4.78 is 0. The Morgan fingerprint density at radius 3 is 1.27 bits per heavy atom. The van der Waals surface area contributed by atoms with Crippen LogP contribution in [0.15, 0.2) is 213 Å². The summed E-state index contributed by atoms with van der Waals surface area (Å²) in [4.78, 5) is 73.9. The number of H-pyrrole nitrogens is 4. The molecule has 0 saturated carbocycles. The van der Waals surface area contributed by atoms with E-state index in [9.17, 15) is 14.4 Å². The maximum atomic E-state index is 13.3. The number of nitrogens with one attached hydrogen (secondary N) is 6. The molecule has 4 aliphatic heterocycles. The van der Waals surface area contributed by atoms with Gasteiger partial charge in [0.05, 0.1) is 89.3 Å². The SMILES string of the molecule is O=C(Cc1ccccc1)N1CCC[C@H]1c1ncc(-c2ccc3cc(-c4ccc5nc([C@@H]6CCCN6C(=O)Cc6ccccc6)[nH]c5c4)ccc3c2)[nH]1.O=C(O)Cc1ccccc1.c1cc2cc(-c3cnc([C@@H]4CCCN4)[nH]3)ccc2cc1-c1ccc2nc([C@@H]3CCCN3)[nH]c2c1. The van der Waals surface area contributed by atoms with Gasteiger partial charge in [-0.05, 0) is 173 Å². The average Bonchev–Trinajstić information content (AvgIpc) is 1.51. The summed E-state index contributed by atoms with van der Waals surface area (Å²) in [6.45, 7) is 3.67. The number of rotatable bonds is 14. The fourth-order valence-electron chi connectivity index (χ4n) is 14.3. The highest BCUT2D eigenvalue weighted by molar-refractivity contribution is 5.94. The second-order valence-corrected chi connectivity index (χ2v) is 25.8. The van der Waals surface area contributed by atoms with Crippen LogP contribution >= 0.6 is 0 Å². The fraction of sp³-hybridized carbons (Fsp3) is 0.237. The zero-order chi connectivity index (χ0) is 64.9. The number of fused-ring (bicyclic) bond motifs is 4. The summed E-state index contributed by atoms with van der Waals surface area (Å²) in [6, 6.07) is 68.9. The van der Waals surface area contributed by atoms with Crippen molar-refractivity contribution in [2.75, 3.05) is 26.2 Å². The van der Waals surface area contributed by atoms with Crippen molar-refractivity contribution in [2.45, 2.75) is 94.8 Å². The number of benzene rings is 9. The Morgan fingerprint density at radius 1 is 0.396 bits per heavy atom. The maximum Gasteiger partial charge on any atom is 0.307 e. The van der Waals surface area contributed by atoms with Gasteiger partial charge in [-0.15, -0.1) is 0 Å². The van der Waals surface area contributed by atoms with Crippen LogP contribution in [0, 0.1) is 0 Å². The highest BCUT2D eigenvalue weighted by Crippen LogP contribution is 2.37. The van der Waals surface area contributed by atoms with Gasteiger partial charge in [-0.25, -0.2) is 19.9 Å². The number of carboxylic acid groups (broad SMARTS) is 1. The molecular formula is C80H76N12O4. The van der Waals surface area contributed by atoms with E-state index in [4.69, 9.17) is 20.1 Å². The van der Waals surface area contributed by atoms with E-state index in [1.165, 1.54) is 40.3 Å². The molecule has 4 aromatic heterocycles. The first kappa shape index (κ1) is 61.4. The molecule has 0 aliphatic carbocycles. The predicted octanol–water partition coefficient (Wildman–Crippen LogP) is 15.5. The Kier molecular flexibility index (Phi) is 17.7. The predicted molar refractivity (Wildman–Crippen MR) is 379 cm³/mol. The molecule has 0 spiro atoms. The minimum absolute atomic E-state index is 0.0319. The molecule has 17 rings (SSSR count). The molecule has 4 fully saturated rings. The van der Waals surface area contributed by atoms with Crippen molar-refractivity contribution >= 4 is 61.4 Å². The topological polar surface area (TPSA) is 217 Å². The largest absolute Gasteiger partial charge is 0.481 e. The number of imidazole rings is 4. The second-order valence-electron chi connectivity index (χ2n) is 25.8. The number of carboxylic acids is 1. The van der Waals surface area contributed by atoms with Gasteiger partial charge in [0.1, 0.15) is 23.3 Å². The first-order valence-electron chi connectivity index (χ1n) is 33.7. The van der Waals surface area contributed by atoms with E-state index in [0.717, 1.165) is 166 Å². The number of aromatic nitrogens is 8. The van der Waals surface area contributed by atoms with E-state index < -0.39 is 5.97 Å². The van der Waals surface area contributed by atoms with E-state index in [2.05, 4.69) is 145 Å². The number of amides is 2. The van der Waals surface area contributed by atoms with Gasteiger partial charge in [0, 0.05) is 24.2 Å². The molecule has 7 N–H and O–H groups in total. The van der Waals surface area contributed by atoms with E-state index in [1.807, 2.05) is 101 Å². The van der Waals surface area contributed by atoms with Crippen LogP contribution in [0.5, 0.6) is 0 Å². The minimum Gasteiger partial charge on any atom is -0.481 e. The number of likely N-dealkylation sites (tertiary alicyclic amines) is 2. The summed E-state index contributed by atoms with van der Waals surface area (Å²) in [6.07, 6.45) is 13.3. The third-order valence-electron chi connectivity index (χ3n) is 19.3. The molecule has 96 heavy (non-hydrogen) atoms. The zero-order valence-electron chi connectivity index (χ0n) is 53.5. The van der Waals surface area contributed by atoms with Gasteiger partial charge in [-0.3, -0.25) is 14.4 Å². The van der Waals surface area contributed by atoms with E-state index >= 15 is 0 Å². The molecule has 13 aromatic rings. The number of nitrogens with zero attached hydrogens (tertiary/aromatic N) is 6. The van der Waals surface area contributed by atoms with Crippen LogP contribution in [0.2, 0.25) is 0 Å². The molecule has 16 heteroatoms. The molecule has 0 unspecified atom stereocenters. The molecule has 4 atom stereocenters. The molecule has 4 saturated heterocycles. The number of aliphatic carboxylic acids is 1. The lowest BCUT2D eigenvalue weighted by molar-refractivity contribution is -0.136. The number of hydrogen-bond donors (Lipinski definition) is 7. The first-order chi connectivity index (χ1) is 47.1. The van der Waals surface area contributed by atoms with Crippen LogP contribution < -0.4 is 10.6 Å². The molecule has 480 valence electrons. The van der Waals surface area contributed by atoms with Crippen LogP contribution in [0.25, 0.3) is 88.4 Å². The van der Waals surface area contributed by atoms with Gasteiger partial charge < -0.3 is 45.5 Å². The molecule has 9 aromatic carbocycles. The zero-order valence-corrected chi connectivity index (χ0v) is 53.5. The summed E-state index contributed by atoms with van der Waals surface area (Å²) in [7, 11) is 0. The number of aromatic amines is 4. The molecule has 8 heterocycles. The third-order valence-corrected chi connectivity index (χ3v) is 19.3. The summed E-state index contributed by atoms with van der Waals surface area (Å²) >= 11 is 0. The van der Waals surface area contributed by atoms with Crippen molar-refractivity contribution in [3.8, 4) is 44.8 Å². The lowest BCUT2D eigenvalue weighted by Crippen LogP contribution is -2.32. The van der Waals surface area contributed by atoms with Crippen LogP contribution in [0.3, 0.4) is 0 Å². The van der Waals surface area contributed by atoms with Gasteiger partial charge in [0.25, 0.3) is 0 Å². The fourth-order valence-corrected chi connectivity index (χ4v) is 14.3. The molecule has 0 bridgehead atoms. The Labute approximate surface area is 556 Å². The van der Waals surface area contributed by atoms with Crippen molar-refractivity contribution in [1.82, 2.24) is 60.3 Å². The van der Waals surface area contributed by atoms with Crippen molar-refractivity contribution in [1.29, 1.82) is 0 Å². The highest BCUT2D eigenvalue weighted by Gasteiger charge is 2.34. The van der Waals surface area contributed by atoms with E-state index in [1.54, 1.807) is 12.1 Å². The minimum atomic E-state index is -0.786. The van der Waals surface area contributed by atoms with Crippen molar-refractivity contribution in [2.24, 2.45) is 0 Å². The number of carbonyl (C=O) groups excluding carboxylic acids is 2. The highest BCUT2D eigenvalue weighted by atomic mass is 16.4. The Balaban J connectivity index is 0.000000146. The van der Waals surface area contributed by atoms with Gasteiger partial charge >= 0.3 is 5.97 Å². The van der Waals surface area contributed by atoms with Gasteiger partial charge in [0.2, 0.25) is 11.8 Å². The quantitative estimate of drug-likeness (QED) is 0.0546. The number of hydrogen-bond acceptors (Lipinski definition) is 9. The third kappa shape index (κ3) is 13.6. The summed E-state index contributed by atoms with van der Waals surface area (Å²) in [5.41, 5.74) is 15.8. The normalized spacial score (nSPS) is 17.7. The van der Waals surface area contributed by atoms with E-state index in [0.29, 0.717) is 24.9 Å². The van der Waals surface area contributed by atoms with Crippen molar-refractivity contribution < 1.29 is 19.5 Å². The molecule has 4 aliphatic rings. The summed E-state index contributed by atoms with van der Waals surface area (Å²) in [5.74, 6) is 3.32. The molecular weight excluding hydrogens is 1190 g/mol. The van der Waals surface area contributed by atoms with Gasteiger partial charge in [-0.2, -0.15) is 0 Å². The van der Waals surface area contributed by atoms with Gasteiger partial charge in [0.15, 0.2) is 0 Å². The Bertz CT molecular complexity index is 4910. The van der Waals surface area contributed by atoms with Crippen molar-refractivity contribution in [3.05, 3.63) is 253 Å². The number of carbonyl (C=O) groups is 3. The lowest BCUT2D eigenvalue weighted by Gasteiger charge is -2.23. The molecule has 2 amide bonds. The molecule has 16 nitrogen and oxygen atoms in total.